The largest absolute Gasteiger partial charge is 0.394 e. The molecule has 1 aromatic rings. The Labute approximate surface area is 84.4 Å². The molecule has 0 fully saturated rings. The third-order valence-electron chi connectivity index (χ3n) is 2.12. The maximum atomic E-state index is 9.15. The first-order valence-corrected chi connectivity index (χ1v) is 4.73. The predicted octanol–water partition coefficient (Wildman–Crippen LogP) is 1.07. The van der Waals surface area contributed by atoms with Gasteiger partial charge in [-0.1, -0.05) is 17.7 Å². The van der Waals surface area contributed by atoms with Crippen LogP contribution in [0.3, 0.4) is 0 Å². The Bertz CT molecular complexity index is 299. The van der Waals surface area contributed by atoms with Crippen LogP contribution in [-0.2, 0) is 0 Å². The van der Waals surface area contributed by atoms with Crippen LogP contribution in [0.2, 0.25) is 0 Å². The Hall–Kier alpha value is -1.06. The smallest absolute Gasteiger partial charge is 0.0942 e. The van der Waals surface area contributed by atoms with E-state index in [1.54, 1.807) is 0 Å². The minimum Gasteiger partial charge on any atom is -0.394 e. The summed E-state index contributed by atoms with van der Waals surface area (Å²) in [5.74, 6) is 0. The molecule has 0 radical (unpaired) electrons. The van der Waals surface area contributed by atoms with Crippen molar-refractivity contribution in [2.24, 2.45) is 0 Å². The number of benzene rings is 1. The minimum absolute atomic E-state index is 0.210. The zero-order valence-corrected chi connectivity index (χ0v) is 8.62. The maximum Gasteiger partial charge on any atom is 0.0942 e. The van der Waals surface area contributed by atoms with Crippen LogP contribution in [-0.4, -0.2) is 29.5 Å². The fraction of sp³-hybridized carbons (Fsp3) is 0.455. The zero-order chi connectivity index (χ0) is 10.6. The molecule has 0 aliphatic heterocycles. The highest BCUT2D eigenvalue weighted by Crippen LogP contribution is 2.15. The van der Waals surface area contributed by atoms with Crippen molar-refractivity contribution in [1.29, 1.82) is 0 Å². The number of hydrogen-bond donors (Lipinski definition) is 3. The van der Waals surface area contributed by atoms with Gasteiger partial charge in [-0.05, 0) is 25.5 Å². The summed E-state index contributed by atoms with van der Waals surface area (Å²) in [5, 5.41) is 20.9. The van der Waals surface area contributed by atoms with E-state index < -0.39 is 6.10 Å². The highest BCUT2D eigenvalue weighted by molar-refractivity contribution is 5.51. The predicted molar refractivity (Wildman–Crippen MR) is 57.5 cm³/mol. The number of rotatable bonds is 4. The number of aliphatic hydroxyl groups excluding tert-OH is 2. The molecule has 0 aromatic heterocycles. The third kappa shape index (κ3) is 3.01. The number of anilines is 1. The summed E-state index contributed by atoms with van der Waals surface area (Å²) in [6.07, 6.45) is -0.698. The molecule has 14 heavy (non-hydrogen) atoms. The van der Waals surface area contributed by atoms with Crippen LogP contribution in [0.1, 0.15) is 11.1 Å². The van der Waals surface area contributed by atoms with E-state index in [-0.39, 0.29) is 6.61 Å². The minimum atomic E-state index is -0.698. The molecular formula is C11H17NO2. The second-order valence-electron chi connectivity index (χ2n) is 3.54. The van der Waals surface area contributed by atoms with Gasteiger partial charge in [0.15, 0.2) is 0 Å². The molecule has 0 aliphatic carbocycles. The van der Waals surface area contributed by atoms with E-state index in [4.69, 9.17) is 10.2 Å². The van der Waals surface area contributed by atoms with Crippen LogP contribution in [0.5, 0.6) is 0 Å². The molecule has 0 bridgehead atoms. The molecule has 1 rings (SSSR count). The lowest BCUT2D eigenvalue weighted by atomic mass is 10.1. The summed E-state index contributed by atoms with van der Waals surface area (Å²) >= 11 is 0. The van der Waals surface area contributed by atoms with Gasteiger partial charge in [0, 0.05) is 12.2 Å². The highest BCUT2D eigenvalue weighted by atomic mass is 16.3. The average molecular weight is 195 g/mol. The molecule has 0 amide bonds. The average Bonchev–Trinajstić information content (AvgIpc) is 2.16. The Morgan fingerprint density at radius 2 is 2.07 bits per heavy atom. The Kier molecular flexibility index (Phi) is 3.92. The van der Waals surface area contributed by atoms with Crippen molar-refractivity contribution < 1.29 is 10.2 Å². The van der Waals surface area contributed by atoms with Gasteiger partial charge in [-0.15, -0.1) is 0 Å². The molecular weight excluding hydrogens is 178 g/mol. The third-order valence-corrected chi connectivity index (χ3v) is 2.12. The maximum absolute atomic E-state index is 9.15. The summed E-state index contributed by atoms with van der Waals surface area (Å²) in [6, 6.07) is 6.07. The van der Waals surface area contributed by atoms with Crippen LogP contribution in [0.15, 0.2) is 18.2 Å². The van der Waals surface area contributed by atoms with Gasteiger partial charge in [0.1, 0.15) is 0 Å². The van der Waals surface area contributed by atoms with Gasteiger partial charge in [-0.25, -0.2) is 0 Å². The van der Waals surface area contributed by atoms with Gasteiger partial charge in [0.2, 0.25) is 0 Å². The summed E-state index contributed by atoms with van der Waals surface area (Å²) in [4.78, 5) is 0. The molecule has 78 valence electrons. The zero-order valence-electron chi connectivity index (χ0n) is 8.62. The molecule has 0 saturated heterocycles. The molecule has 3 N–H and O–H groups in total. The van der Waals surface area contributed by atoms with E-state index in [1.807, 2.05) is 26.0 Å². The Morgan fingerprint density at radius 3 is 2.64 bits per heavy atom. The van der Waals surface area contributed by atoms with Crippen molar-refractivity contribution >= 4 is 5.69 Å². The fourth-order valence-corrected chi connectivity index (χ4v) is 1.30. The van der Waals surface area contributed by atoms with E-state index >= 15 is 0 Å². The first-order chi connectivity index (χ1) is 6.63. The lowest BCUT2D eigenvalue weighted by molar-refractivity contribution is 0.105. The Morgan fingerprint density at radius 1 is 1.36 bits per heavy atom. The molecule has 0 aliphatic rings. The first kappa shape index (κ1) is 11.0. The quantitative estimate of drug-likeness (QED) is 0.673. The summed E-state index contributed by atoms with van der Waals surface area (Å²) in [5.41, 5.74) is 3.37. The van der Waals surface area contributed by atoms with Gasteiger partial charge < -0.3 is 15.5 Å². The molecule has 1 aromatic carbocycles. The second-order valence-corrected chi connectivity index (χ2v) is 3.54. The van der Waals surface area contributed by atoms with Crippen molar-refractivity contribution in [2.75, 3.05) is 18.5 Å². The molecule has 0 saturated carbocycles. The van der Waals surface area contributed by atoms with Crippen molar-refractivity contribution in [2.45, 2.75) is 20.0 Å². The topological polar surface area (TPSA) is 52.5 Å². The van der Waals surface area contributed by atoms with Gasteiger partial charge in [0.25, 0.3) is 0 Å². The number of aliphatic hydroxyl groups is 2. The van der Waals surface area contributed by atoms with E-state index in [2.05, 4.69) is 11.4 Å². The molecule has 3 nitrogen and oxygen atoms in total. The van der Waals surface area contributed by atoms with Gasteiger partial charge in [-0.3, -0.25) is 0 Å². The van der Waals surface area contributed by atoms with Crippen LogP contribution >= 0.6 is 0 Å². The van der Waals surface area contributed by atoms with E-state index in [1.165, 1.54) is 5.56 Å². The first-order valence-electron chi connectivity index (χ1n) is 4.73. The summed E-state index contributed by atoms with van der Waals surface area (Å²) < 4.78 is 0. The van der Waals surface area contributed by atoms with Crippen molar-refractivity contribution in [3.63, 3.8) is 0 Å². The molecule has 0 unspecified atom stereocenters. The van der Waals surface area contributed by atoms with Crippen molar-refractivity contribution in [1.82, 2.24) is 0 Å². The van der Waals surface area contributed by atoms with Crippen LogP contribution in [0.4, 0.5) is 5.69 Å². The van der Waals surface area contributed by atoms with Gasteiger partial charge in [-0.2, -0.15) is 0 Å². The van der Waals surface area contributed by atoms with E-state index in [9.17, 15) is 0 Å². The van der Waals surface area contributed by atoms with Crippen LogP contribution in [0.25, 0.3) is 0 Å². The molecule has 3 heteroatoms. The lowest BCUT2D eigenvalue weighted by Gasteiger charge is -2.12. The summed E-state index contributed by atoms with van der Waals surface area (Å²) in [7, 11) is 0. The molecule has 0 heterocycles. The van der Waals surface area contributed by atoms with Crippen molar-refractivity contribution in [3.8, 4) is 0 Å². The number of nitrogens with one attached hydrogen (secondary N) is 1. The number of hydrogen-bond acceptors (Lipinski definition) is 3. The van der Waals surface area contributed by atoms with Gasteiger partial charge in [0.05, 0.1) is 12.7 Å². The normalized spacial score (nSPS) is 12.6. The monoisotopic (exact) mass is 195 g/mol. The van der Waals surface area contributed by atoms with Crippen LogP contribution < -0.4 is 5.32 Å². The Balaban J connectivity index is 2.59. The SMILES string of the molecule is Cc1ccc(NC[C@H](O)CO)c(C)c1. The van der Waals surface area contributed by atoms with Gasteiger partial charge >= 0.3 is 0 Å². The molecule has 1 atom stereocenters. The van der Waals surface area contributed by atoms with E-state index in [0.717, 1.165) is 11.3 Å². The molecule has 0 spiro atoms. The highest BCUT2D eigenvalue weighted by Gasteiger charge is 2.02. The van der Waals surface area contributed by atoms with Crippen molar-refractivity contribution in [3.05, 3.63) is 29.3 Å². The fourth-order valence-electron chi connectivity index (χ4n) is 1.30. The van der Waals surface area contributed by atoms with E-state index in [0.29, 0.717) is 6.54 Å². The standard InChI is InChI=1S/C11H17NO2/c1-8-3-4-11(9(2)5-8)12-6-10(14)7-13/h3-5,10,12-14H,6-7H2,1-2H3/t10-/m0/s1. The number of aryl methyl sites for hydroxylation is 2. The van der Waals surface area contributed by atoms with Crippen LogP contribution in [0, 0.1) is 13.8 Å². The summed E-state index contributed by atoms with van der Waals surface area (Å²) in [6.45, 7) is 4.22. The second kappa shape index (κ2) is 4.98. The lowest BCUT2D eigenvalue weighted by Crippen LogP contribution is -2.23.